The van der Waals surface area contributed by atoms with Gasteiger partial charge in [-0.1, -0.05) is 0 Å². The molecular formula is C22H32N4O3. The van der Waals surface area contributed by atoms with Crippen molar-refractivity contribution in [1.82, 2.24) is 14.6 Å². The number of carbonyl (C=O) groups is 1. The molecule has 158 valence electrons. The van der Waals surface area contributed by atoms with Crippen molar-refractivity contribution in [2.45, 2.75) is 12.8 Å². The van der Waals surface area contributed by atoms with Crippen LogP contribution in [-0.2, 0) is 9.47 Å². The van der Waals surface area contributed by atoms with Gasteiger partial charge in [0.2, 0.25) is 0 Å². The van der Waals surface area contributed by atoms with Gasteiger partial charge in [0.1, 0.15) is 5.82 Å². The molecule has 7 nitrogen and oxygen atoms in total. The SMILES string of the molecule is COCCN1CCN(c2ccc3ccc(C(=O)NCC4CCOCC4)cn23)CC1. The fourth-order valence-corrected chi connectivity index (χ4v) is 4.19. The monoisotopic (exact) mass is 400 g/mol. The first-order valence-electron chi connectivity index (χ1n) is 10.7. The summed E-state index contributed by atoms with van der Waals surface area (Å²) in [5, 5.41) is 3.11. The number of nitrogens with zero attached hydrogens (tertiary/aromatic N) is 3. The van der Waals surface area contributed by atoms with E-state index in [9.17, 15) is 4.79 Å². The van der Waals surface area contributed by atoms with E-state index in [1.807, 2.05) is 18.3 Å². The molecule has 0 bridgehead atoms. The number of hydrogen-bond acceptors (Lipinski definition) is 5. The lowest BCUT2D eigenvalue weighted by Crippen LogP contribution is -2.47. The Morgan fingerprint density at radius 2 is 1.90 bits per heavy atom. The molecule has 0 radical (unpaired) electrons. The lowest BCUT2D eigenvalue weighted by atomic mass is 10.0. The van der Waals surface area contributed by atoms with E-state index in [2.05, 4.69) is 31.7 Å². The van der Waals surface area contributed by atoms with Gasteiger partial charge in [-0.05, 0) is 43.0 Å². The van der Waals surface area contributed by atoms with Crippen molar-refractivity contribution < 1.29 is 14.3 Å². The van der Waals surface area contributed by atoms with Crippen LogP contribution < -0.4 is 10.2 Å². The summed E-state index contributed by atoms with van der Waals surface area (Å²) in [6.07, 6.45) is 4.02. The van der Waals surface area contributed by atoms with E-state index in [4.69, 9.17) is 9.47 Å². The topological polar surface area (TPSA) is 58.5 Å². The lowest BCUT2D eigenvalue weighted by Gasteiger charge is -2.35. The first-order chi connectivity index (χ1) is 14.2. The van der Waals surface area contributed by atoms with E-state index in [0.29, 0.717) is 11.5 Å². The number of rotatable bonds is 7. The van der Waals surface area contributed by atoms with Crippen LogP contribution >= 0.6 is 0 Å². The highest BCUT2D eigenvalue weighted by molar-refractivity contribution is 5.94. The van der Waals surface area contributed by atoms with Crippen molar-refractivity contribution in [3.63, 3.8) is 0 Å². The second-order valence-corrected chi connectivity index (χ2v) is 7.99. The Morgan fingerprint density at radius 1 is 1.14 bits per heavy atom. The number of fused-ring (bicyclic) bond motifs is 1. The fraction of sp³-hybridized carbons (Fsp3) is 0.591. The maximum Gasteiger partial charge on any atom is 0.252 e. The Labute approximate surface area is 172 Å². The molecule has 2 aromatic rings. The highest BCUT2D eigenvalue weighted by atomic mass is 16.5. The second kappa shape index (κ2) is 9.61. The zero-order chi connectivity index (χ0) is 20.1. The van der Waals surface area contributed by atoms with Gasteiger partial charge in [0.25, 0.3) is 5.91 Å². The Morgan fingerprint density at radius 3 is 2.66 bits per heavy atom. The zero-order valence-electron chi connectivity index (χ0n) is 17.3. The van der Waals surface area contributed by atoms with Crippen molar-refractivity contribution in [3.05, 3.63) is 36.0 Å². The molecule has 2 fully saturated rings. The van der Waals surface area contributed by atoms with Gasteiger partial charge in [-0.15, -0.1) is 0 Å². The van der Waals surface area contributed by atoms with Crippen LogP contribution in [-0.4, -0.2) is 81.4 Å². The van der Waals surface area contributed by atoms with Crippen LogP contribution in [0.4, 0.5) is 5.82 Å². The third-order valence-electron chi connectivity index (χ3n) is 6.09. The van der Waals surface area contributed by atoms with Gasteiger partial charge in [-0.3, -0.25) is 9.69 Å². The molecule has 0 unspecified atom stereocenters. The van der Waals surface area contributed by atoms with Gasteiger partial charge in [0.05, 0.1) is 12.2 Å². The van der Waals surface area contributed by atoms with Gasteiger partial charge in [-0.25, -0.2) is 0 Å². The van der Waals surface area contributed by atoms with Crippen LogP contribution in [0.1, 0.15) is 23.2 Å². The molecular weight excluding hydrogens is 368 g/mol. The van der Waals surface area contributed by atoms with Crippen molar-refractivity contribution in [2.24, 2.45) is 5.92 Å². The summed E-state index contributed by atoms with van der Waals surface area (Å²) in [6.45, 7) is 8.12. The third kappa shape index (κ3) is 4.91. The summed E-state index contributed by atoms with van der Waals surface area (Å²) in [5.41, 5.74) is 1.82. The highest BCUT2D eigenvalue weighted by Gasteiger charge is 2.20. The van der Waals surface area contributed by atoms with E-state index < -0.39 is 0 Å². The van der Waals surface area contributed by atoms with Crippen LogP contribution in [0, 0.1) is 5.92 Å². The average Bonchev–Trinajstić information content (AvgIpc) is 3.20. The van der Waals surface area contributed by atoms with Crippen LogP contribution in [0.5, 0.6) is 0 Å². The molecule has 0 saturated carbocycles. The Hall–Kier alpha value is -2.09. The van der Waals surface area contributed by atoms with E-state index in [1.54, 1.807) is 7.11 Å². The summed E-state index contributed by atoms with van der Waals surface area (Å²) in [6, 6.07) is 8.23. The number of anilines is 1. The quantitative estimate of drug-likeness (QED) is 0.769. The smallest absolute Gasteiger partial charge is 0.252 e. The van der Waals surface area contributed by atoms with Gasteiger partial charge in [0, 0.05) is 71.3 Å². The molecule has 1 amide bonds. The summed E-state index contributed by atoms with van der Waals surface area (Å²) >= 11 is 0. The van der Waals surface area contributed by atoms with Crippen LogP contribution in [0.2, 0.25) is 0 Å². The predicted molar refractivity (Wildman–Crippen MR) is 114 cm³/mol. The molecule has 2 saturated heterocycles. The Kier molecular flexibility index (Phi) is 6.69. The largest absolute Gasteiger partial charge is 0.383 e. The van der Waals surface area contributed by atoms with Gasteiger partial charge < -0.3 is 24.1 Å². The maximum absolute atomic E-state index is 12.7. The van der Waals surface area contributed by atoms with E-state index in [1.165, 1.54) is 0 Å². The van der Waals surface area contributed by atoms with Crippen molar-refractivity contribution in [2.75, 3.05) is 71.1 Å². The van der Waals surface area contributed by atoms with E-state index in [-0.39, 0.29) is 5.91 Å². The number of pyridine rings is 1. The fourth-order valence-electron chi connectivity index (χ4n) is 4.19. The number of amides is 1. The molecule has 2 aliphatic heterocycles. The third-order valence-corrected chi connectivity index (χ3v) is 6.09. The number of piperazine rings is 1. The number of nitrogens with one attached hydrogen (secondary N) is 1. The van der Waals surface area contributed by atoms with Crippen molar-refractivity contribution in [1.29, 1.82) is 0 Å². The van der Waals surface area contributed by atoms with E-state index >= 15 is 0 Å². The summed E-state index contributed by atoms with van der Waals surface area (Å²) in [4.78, 5) is 17.5. The Bertz CT molecular complexity index is 807. The summed E-state index contributed by atoms with van der Waals surface area (Å²) in [7, 11) is 1.75. The minimum Gasteiger partial charge on any atom is -0.383 e. The molecule has 2 aliphatic rings. The molecule has 29 heavy (non-hydrogen) atoms. The summed E-state index contributed by atoms with van der Waals surface area (Å²) < 4.78 is 12.7. The van der Waals surface area contributed by atoms with Gasteiger partial charge >= 0.3 is 0 Å². The molecule has 4 heterocycles. The molecule has 1 N–H and O–H groups in total. The molecule has 0 spiro atoms. The molecule has 4 rings (SSSR count). The molecule has 2 aromatic heterocycles. The zero-order valence-corrected chi connectivity index (χ0v) is 17.3. The highest BCUT2D eigenvalue weighted by Crippen LogP contribution is 2.22. The van der Waals surface area contributed by atoms with Crippen LogP contribution in [0.3, 0.4) is 0 Å². The number of carbonyl (C=O) groups excluding carboxylic acids is 1. The normalized spacial score (nSPS) is 19.0. The summed E-state index contributed by atoms with van der Waals surface area (Å²) in [5.74, 6) is 1.68. The van der Waals surface area contributed by atoms with Crippen LogP contribution in [0.15, 0.2) is 30.5 Å². The number of hydrogen-bond donors (Lipinski definition) is 1. The van der Waals surface area contributed by atoms with Crippen molar-refractivity contribution in [3.8, 4) is 0 Å². The van der Waals surface area contributed by atoms with Gasteiger partial charge in [0.15, 0.2) is 0 Å². The minimum absolute atomic E-state index is 0.00225. The van der Waals surface area contributed by atoms with Crippen LogP contribution in [0.25, 0.3) is 5.52 Å². The maximum atomic E-state index is 12.7. The molecule has 7 heteroatoms. The average molecular weight is 401 g/mol. The molecule has 0 atom stereocenters. The minimum atomic E-state index is 0.00225. The first-order valence-corrected chi connectivity index (χ1v) is 10.7. The molecule has 0 aliphatic carbocycles. The van der Waals surface area contributed by atoms with E-state index in [0.717, 1.165) is 83.3 Å². The van der Waals surface area contributed by atoms with Gasteiger partial charge in [-0.2, -0.15) is 0 Å². The number of methoxy groups -OCH3 is 1. The number of ether oxygens (including phenoxy) is 2. The lowest BCUT2D eigenvalue weighted by molar-refractivity contribution is 0.0642. The predicted octanol–water partition coefficient (Wildman–Crippen LogP) is 1.86. The standard InChI is InChI=1S/C22H32N4O3/c1-28-15-12-24-8-10-25(11-9-24)21-5-4-20-3-2-19(17-26(20)21)22(27)23-16-18-6-13-29-14-7-18/h2-5,17-18H,6-16H2,1H3,(H,23,27). The Balaban J connectivity index is 1.40. The van der Waals surface area contributed by atoms with Crippen molar-refractivity contribution >= 4 is 17.2 Å². The molecule has 0 aromatic carbocycles. The first kappa shape index (κ1) is 20.2. The number of aromatic nitrogens is 1. The second-order valence-electron chi connectivity index (χ2n) is 7.99.